The highest BCUT2D eigenvalue weighted by Crippen LogP contribution is 2.23. The van der Waals surface area contributed by atoms with E-state index in [2.05, 4.69) is 26.6 Å². The standard InChI is InChI=1S/C9H10BrFN2O/c1-5-3-7(11)6(10)4-8(5)13-9(14)12-2/h3-4H,1-2H3,(H2,12,13,14). The highest BCUT2D eigenvalue weighted by molar-refractivity contribution is 9.10. The molecule has 1 aromatic rings. The van der Waals surface area contributed by atoms with E-state index in [0.29, 0.717) is 15.7 Å². The van der Waals surface area contributed by atoms with Crippen molar-refractivity contribution in [3.63, 3.8) is 0 Å². The van der Waals surface area contributed by atoms with Crippen LogP contribution >= 0.6 is 15.9 Å². The Hall–Kier alpha value is -1.10. The molecule has 0 aliphatic carbocycles. The summed E-state index contributed by atoms with van der Waals surface area (Å²) in [5, 5.41) is 5.00. The molecule has 0 saturated carbocycles. The molecule has 0 aliphatic rings. The number of anilines is 1. The summed E-state index contributed by atoms with van der Waals surface area (Å²) in [6.07, 6.45) is 0. The molecule has 1 aromatic carbocycles. The monoisotopic (exact) mass is 260 g/mol. The molecule has 5 heteroatoms. The molecule has 0 bridgehead atoms. The lowest BCUT2D eigenvalue weighted by Gasteiger charge is -2.08. The predicted octanol–water partition coefficient (Wildman–Crippen LogP) is 2.65. The molecule has 0 atom stereocenters. The van der Waals surface area contributed by atoms with Crippen molar-refractivity contribution in [2.75, 3.05) is 12.4 Å². The molecule has 0 aliphatic heterocycles. The molecule has 14 heavy (non-hydrogen) atoms. The summed E-state index contributed by atoms with van der Waals surface area (Å²) in [7, 11) is 1.52. The van der Waals surface area contributed by atoms with Gasteiger partial charge in [0.05, 0.1) is 4.47 Å². The van der Waals surface area contributed by atoms with E-state index < -0.39 is 0 Å². The third-order valence-corrected chi connectivity index (χ3v) is 2.35. The zero-order valence-electron chi connectivity index (χ0n) is 7.82. The molecule has 76 valence electrons. The lowest BCUT2D eigenvalue weighted by Crippen LogP contribution is -2.24. The average molecular weight is 261 g/mol. The van der Waals surface area contributed by atoms with E-state index >= 15 is 0 Å². The second kappa shape index (κ2) is 4.41. The zero-order chi connectivity index (χ0) is 10.7. The number of urea groups is 1. The van der Waals surface area contributed by atoms with Crippen molar-refractivity contribution in [3.05, 3.63) is 28.0 Å². The van der Waals surface area contributed by atoms with Crippen molar-refractivity contribution >= 4 is 27.6 Å². The normalized spacial score (nSPS) is 9.71. The Kier molecular flexibility index (Phi) is 3.46. The van der Waals surface area contributed by atoms with E-state index in [1.807, 2.05) is 0 Å². The first-order valence-corrected chi connectivity index (χ1v) is 4.78. The molecular formula is C9H10BrFN2O. The van der Waals surface area contributed by atoms with E-state index in [0.717, 1.165) is 0 Å². The van der Waals surface area contributed by atoms with Crippen molar-refractivity contribution in [3.8, 4) is 0 Å². The molecule has 0 spiro atoms. The van der Waals surface area contributed by atoms with Crippen molar-refractivity contribution in [2.45, 2.75) is 6.92 Å². The van der Waals surface area contributed by atoms with Crippen LogP contribution in [0.2, 0.25) is 0 Å². The number of benzene rings is 1. The SMILES string of the molecule is CNC(=O)Nc1cc(Br)c(F)cc1C. The largest absolute Gasteiger partial charge is 0.341 e. The highest BCUT2D eigenvalue weighted by atomic mass is 79.9. The summed E-state index contributed by atoms with van der Waals surface area (Å²) in [5.74, 6) is -0.343. The zero-order valence-corrected chi connectivity index (χ0v) is 9.40. The third-order valence-electron chi connectivity index (χ3n) is 1.74. The molecule has 0 radical (unpaired) electrons. The average Bonchev–Trinajstić information content (AvgIpc) is 2.14. The molecule has 0 heterocycles. The van der Waals surface area contributed by atoms with Gasteiger partial charge in [0.25, 0.3) is 0 Å². The lowest BCUT2D eigenvalue weighted by molar-refractivity contribution is 0.254. The van der Waals surface area contributed by atoms with Crippen LogP contribution in [0.3, 0.4) is 0 Å². The first-order chi connectivity index (χ1) is 6.54. The van der Waals surface area contributed by atoms with E-state index in [9.17, 15) is 9.18 Å². The molecule has 2 N–H and O–H groups in total. The Morgan fingerprint density at radius 3 is 2.71 bits per heavy atom. The quantitative estimate of drug-likeness (QED) is 0.801. The molecule has 1 rings (SSSR count). The summed E-state index contributed by atoms with van der Waals surface area (Å²) >= 11 is 3.05. The van der Waals surface area contributed by atoms with Gasteiger partial charge in [0, 0.05) is 12.7 Å². The fraction of sp³-hybridized carbons (Fsp3) is 0.222. The maximum atomic E-state index is 13.0. The molecule has 0 fully saturated rings. The second-order valence-electron chi connectivity index (χ2n) is 2.79. The number of carbonyl (C=O) groups excluding carboxylic acids is 1. The summed E-state index contributed by atoms with van der Waals surface area (Å²) in [4.78, 5) is 11.0. The first kappa shape index (κ1) is 11.0. The first-order valence-electron chi connectivity index (χ1n) is 3.99. The number of rotatable bonds is 1. The van der Waals surface area contributed by atoms with Crippen LogP contribution in [0, 0.1) is 12.7 Å². The summed E-state index contributed by atoms with van der Waals surface area (Å²) in [5.41, 5.74) is 1.26. The Balaban J connectivity index is 2.98. The number of carbonyl (C=O) groups is 1. The highest BCUT2D eigenvalue weighted by Gasteiger charge is 2.06. The summed E-state index contributed by atoms with van der Waals surface area (Å²) < 4.78 is 13.3. The number of hydrogen-bond donors (Lipinski definition) is 2. The maximum absolute atomic E-state index is 13.0. The van der Waals surface area contributed by atoms with Gasteiger partial charge in [-0.2, -0.15) is 0 Å². The molecule has 0 unspecified atom stereocenters. The van der Waals surface area contributed by atoms with E-state index in [1.54, 1.807) is 6.92 Å². The van der Waals surface area contributed by atoms with Crippen LogP contribution in [0.15, 0.2) is 16.6 Å². The minimum atomic E-state index is -0.343. The van der Waals surface area contributed by atoms with Gasteiger partial charge >= 0.3 is 6.03 Å². The smallest absolute Gasteiger partial charge is 0.318 e. The number of aryl methyl sites for hydroxylation is 1. The van der Waals surface area contributed by atoms with Crippen LogP contribution in [0.5, 0.6) is 0 Å². The van der Waals surface area contributed by atoms with Crippen molar-refractivity contribution in [1.29, 1.82) is 0 Å². The van der Waals surface area contributed by atoms with Crippen molar-refractivity contribution < 1.29 is 9.18 Å². The van der Waals surface area contributed by atoms with Crippen LogP contribution in [-0.4, -0.2) is 13.1 Å². The van der Waals surface area contributed by atoms with Crippen molar-refractivity contribution in [1.82, 2.24) is 5.32 Å². The van der Waals surface area contributed by atoms with E-state index in [4.69, 9.17) is 0 Å². The van der Waals surface area contributed by atoms with Crippen LogP contribution in [0.25, 0.3) is 0 Å². The Bertz CT molecular complexity index is 368. The van der Waals surface area contributed by atoms with Crippen LogP contribution in [0.1, 0.15) is 5.56 Å². The minimum absolute atomic E-state index is 0.327. The Morgan fingerprint density at radius 2 is 2.14 bits per heavy atom. The molecule has 3 nitrogen and oxygen atoms in total. The summed E-state index contributed by atoms with van der Waals surface area (Å²) in [6, 6.07) is 2.56. The van der Waals surface area contributed by atoms with Gasteiger partial charge in [-0.1, -0.05) is 0 Å². The molecule has 0 aromatic heterocycles. The maximum Gasteiger partial charge on any atom is 0.318 e. The number of hydrogen-bond acceptors (Lipinski definition) is 1. The Labute approximate surface area is 89.8 Å². The van der Waals surface area contributed by atoms with Gasteiger partial charge in [-0.3, -0.25) is 0 Å². The molecular weight excluding hydrogens is 251 g/mol. The number of halogens is 2. The minimum Gasteiger partial charge on any atom is -0.341 e. The van der Waals surface area contributed by atoms with Crippen molar-refractivity contribution in [2.24, 2.45) is 0 Å². The molecule has 0 saturated heterocycles. The van der Waals surface area contributed by atoms with Gasteiger partial charge in [-0.15, -0.1) is 0 Å². The third kappa shape index (κ3) is 2.45. The number of amides is 2. The second-order valence-corrected chi connectivity index (χ2v) is 3.64. The lowest BCUT2D eigenvalue weighted by atomic mass is 10.2. The molecule has 2 amide bonds. The predicted molar refractivity (Wildman–Crippen MR) is 56.9 cm³/mol. The van der Waals surface area contributed by atoms with Gasteiger partial charge in [0.2, 0.25) is 0 Å². The summed E-state index contributed by atoms with van der Waals surface area (Å²) in [6.45, 7) is 1.72. The van der Waals surface area contributed by atoms with Crippen LogP contribution < -0.4 is 10.6 Å². The Morgan fingerprint density at radius 1 is 1.50 bits per heavy atom. The van der Waals surface area contributed by atoms with Crippen LogP contribution in [0.4, 0.5) is 14.9 Å². The van der Waals surface area contributed by atoms with Gasteiger partial charge in [-0.25, -0.2) is 9.18 Å². The number of nitrogens with one attached hydrogen (secondary N) is 2. The van der Waals surface area contributed by atoms with E-state index in [-0.39, 0.29) is 11.8 Å². The van der Waals surface area contributed by atoms with Gasteiger partial charge in [-0.05, 0) is 40.5 Å². The fourth-order valence-corrected chi connectivity index (χ4v) is 1.31. The van der Waals surface area contributed by atoms with E-state index in [1.165, 1.54) is 19.2 Å². The fourth-order valence-electron chi connectivity index (χ4n) is 0.966. The van der Waals surface area contributed by atoms with Gasteiger partial charge in [0.1, 0.15) is 5.82 Å². The van der Waals surface area contributed by atoms with Gasteiger partial charge < -0.3 is 10.6 Å². The van der Waals surface area contributed by atoms with Gasteiger partial charge in [0.15, 0.2) is 0 Å². The topological polar surface area (TPSA) is 41.1 Å². The van der Waals surface area contributed by atoms with Crippen LogP contribution in [-0.2, 0) is 0 Å².